The second-order valence-electron chi connectivity index (χ2n) is 6.28. The van der Waals surface area contributed by atoms with Gasteiger partial charge < -0.3 is 5.32 Å². The third kappa shape index (κ3) is 3.74. The minimum Gasteiger partial charge on any atom is -0.324 e. The third-order valence-electron chi connectivity index (χ3n) is 4.07. The molecule has 25 heavy (non-hydrogen) atoms. The van der Waals surface area contributed by atoms with E-state index in [1.54, 1.807) is 0 Å². The van der Waals surface area contributed by atoms with Crippen molar-refractivity contribution >= 4 is 11.6 Å². The molecular weight excluding hydrogens is 314 g/mol. The summed E-state index contributed by atoms with van der Waals surface area (Å²) in [7, 11) is 0. The fraction of sp³-hybridized carbons (Fsp3) is 0.263. The van der Waals surface area contributed by atoms with Crippen LogP contribution < -0.4 is 5.32 Å². The van der Waals surface area contributed by atoms with Crippen LogP contribution in [0.4, 0.5) is 5.69 Å². The van der Waals surface area contributed by atoms with Gasteiger partial charge in [0.25, 0.3) is 0 Å². The molecule has 2 aromatic carbocycles. The number of amides is 1. The van der Waals surface area contributed by atoms with Gasteiger partial charge >= 0.3 is 0 Å². The zero-order valence-electron chi connectivity index (χ0n) is 14.9. The van der Waals surface area contributed by atoms with Crippen LogP contribution in [-0.2, 0) is 11.3 Å². The number of nitrogens with zero attached hydrogens (tertiary/aromatic N) is 4. The fourth-order valence-electron chi connectivity index (χ4n) is 2.93. The third-order valence-corrected chi connectivity index (χ3v) is 4.07. The van der Waals surface area contributed by atoms with E-state index in [0.717, 1.165) is 27.9 Å². The summed E-state index contributed by atoms with van der Waals surface area (Å²) in [6.45, 7) is 8.02. The molecule has 0 saturated carbocycles. The van der Waals surface area contributed by atoms with Crippen molar-refractivity contribution in [3.05, 3.63) is 58.7 Å². The summed E-state index contributed by atoms with van der Waals surface area (Å²) in [6.07, 6.45) is 0. The molecule has 3 aromatic rings. The largest absolute Gasteiger partial charge is 0.324 e. The van der Waals surface area contributed by atoms with Crippen molar-refractivity contribution in [3.8, 4) is 11.4 Å². The Morgan fingerprint density at radius 2 is 1.72 bits per heavy atom. The number of carbonyl (C=O) groups excluding carboxylic acids is 1. The van der Waals surface area contributed by atoms with Crippen LogP contribution in [0.25, 0.3) is 11.4 Å². The lowest BCUT2D eigenvalue weighted by atomic mass is 10.1. The SMILES string of the molecule is Cc1cc(C)c(NC(=O)Cn2nnc(-c3ccccc3C)n2)c(C)c1. The number of carbonyl (C=O) groups is 1. The molecule has 1 amide bonds. The molecule has 0 saturated heterocycles. The molecule has 128 valence electrons. The lowest BCUT2D eigenvalue weighted by Crippen LogP contribution is -2.21. The lowest BCUT2D eigenvalue weighted by molar-refractivity contribution is -0.117. The van der Waals surface area contributed by atoms with Crippen LogP contribution in [0.15, 0.2) is 36.4 Å². The number of tetrazole rings is 1. The summed E-state index contributed by atoms with van der Waals surface area (Å²) >= 11 is 0. The average Bonchev–Trinajstić information content (AvgIpc) is 2.99. The highest BCUT2D eigenvalue weighted by Gasteiger charge is 2.12. The van der Waals surface area contributed by atoms with E-state index >= 15 is 0 Å². The van der Waals surface area contributed by atoms with E-state index in [4.69, 9.17) is 0 Å². The molecule has 6 nitrogen and oxygen atoms in total. The maximum atomic E-state index is 12.3. The highest BCUT2D eigenvalue weighted by molar-refractivity contribution is 5.92. The maximum Gasteiger partial charge on any atom is 0.248 e. The smallest absolute Gasteiger partial charge is 0.248 e. The number of hydrogen-bond acceptors (Lipinski definition) is 4. The quantitative estimate of drug-likeness (QED) is 0.794. The molecule has 0 bridgehead atoms. The van der Waals surface area contributed by atoms with Crippen molar-refractivity contribution in [2.75, 3.05) is 5.32 Å². The Labute approximate surface area is 146 Å². The molecule has 1 N–H and O–H groups in total. The predicted molar refractivity (Wildman–Crippen MR) is 97.3 cm³/mol. The van der Waals surface area contributed by atoms with Gasteiger partial charge in [-0.2, -0.15) is 4.80 Å². The number of aryl methyl sites for hydroxylation is 4. The monoisotopic (exact) mass is 335 g/mol. The summed E-state index contributed by atoms with van der Waals surface area (Å²) < 4.78 is 0. The maximum absolute atomic E-state index is 12.3. The number of hydrogen-bond donors (Lipinski definition) is 1. The Bertz CT molecular complexity index is 906. The first-order chi connectivity index (χ1) is 11.9. The van der Waals surface area contributed by atoms with Crippen LogP contribution in [0, 0.1) is 27.7 Å². The van der Waals surface area contributed by atoms with Gasteiger partial charge in [-0.25, -0.2) is 0 Å². The molecule has 0 aliphatic rings. The van der Waals surface area contributed by atoms with E-state index in [2.05, 4.69) is 20.7 Å². The Morgan fingerprint density at radius 3 is 2.40 bits per heavy atom. The van der Waals surface area contributed by atoms with E-state index in [9.17, 15) is 4.79 Å². The van der Waals surface area contributed by atoms with Gasteiger partial charge in [0.05, 0.1) is 0 Å². The minimum atomic E-state index is -0.177. The minimum absolute atomic E-state index is 0.0195. The number of benzene rings is 2. The van der Waals surface area contributed by atoms with Crippen molar-refractivity contribution in [3.63, 3.8) is 0 Å². The Balaban J connectivity index is 1.74. The lowest BCUT2D eigenvalue weighted by Gasteiger charge is -2.12. The van der Waals surface area contributed by atoms with Crippen LogP contribution in [0.2, 0.25) is 0 Å². The van der Waals surface area contributed by atoms with Gasteiger partial charge in [-0.15, -0.1) is 10.2 Å². The topological polar surface area (TPSA) is 72.7 Å². The molecule has 0 spiro atoms. The number of nitrogens with one attached hydrogen (secondary N) is 1. The van der Waals surface area contributed by atoms with Crippen molar-refractivity contribution in [1.29, 1.82) is 0 Å². The van der Waals surface area contributed by atoms with Gasteiger partial charge in [0.15, 0.2) is 0 Å². The highest BCUT2D eigenvalue weighted by atomic mass is 16.2. The zero-order valence-corrected chi connectivity index (χ0v) is 14.9. The first kappa shape index (κ1) is 16.8. The van der Waals surface area contributed by atoms with Crippen LogP contribution in [0.5, 0.6) is 0 Å². The van der Waals surface area contributed by atoms with E-state index in [-0.39, 0.29) is 12.5 Å². The van der Waals surface area contributed by atoms with Crippen molar-refractivity contribution in [2.24, 2.45) is 0 Å². The molecule has 0 unspecified atom stereocenters. The second-order valence-corrected chi connectivity index (χ2v) is 6.28. The summed E-state index contributed by atoms with van der Waals surface area (Å²) in [5.74, 6) is 0.345. The molecule has 3 rings (SSSR count). The van der Waals surface area contributed by atoms with Crippen molar-refractivity contribution < 1.29 is 4.79 Å². The molecule has 0 atom stereocenters. The zero-order chi connectivity index (χ0) is 18.0. The summed E-state index contributed by atoms with van der Waals surface area (Å²) in [5, 5.41) is 15.3. The van der Waals surface area contributed by atoms with Gasteiger partial charge in [0.1, 0.15) is 6.54 Å². The van der Waals surface area contributed by atoms with Gasteiger partial charge in [-0.1, -0.05) is 42.0 Å². The van der Waals surface area contributed by atoms with E-state index in [0.29, 0.717) is 5.82 Å². The Morgan fingerprint density at radius 1 is 1.04 bits per heavy atom. The first-order valence-corrected chi connectivity index (χ1v) is 8.15. The number of rotatable bonds is 4. The van der Waals surface area contributed by atoms with Crippen LogP contribution >= 0.6 is 0 Å². The molecular formula is C19H21N5O. The Kier molecular flexibility index (Phi) is 4.61. The molecule has 0 fully saturated rings. The number of anilines is 1. The van der Waals surface area contributed by atoms with Crippen molar-refractivity contribution in [2.45, 2.75) is 34.2 Å². The normalized spacial score (nSPS) is 10.7. The number of aromatic nitrogens is 4. The van der Waals surface area contributed by atoms with Crippen LogP contribution in [0.1, 0.15) is 22.3 Å². The Hall–Kier alpha value is -3.02. The van der Waals surface area contributed by atoms with E-state index < -0.39 is 0 Å². The van der Waals surface area contributed by atoms with Gasteiger partial charge in [0, 0.05) is 11.3 Å². The van der Waals surface area contributed by atoms with E-state index in [1.165, 1.54) is 10.4 Å². The molecule has 0 radical (unpaired) electrons. The second kappa shape index (κ2) is 6.84. The van der Waals surface area contributed by atoms with Crippen LogP contribution in [-0.4, -0.2) is 26.1 Å². The highest BCUT2D eigenvalue weighted by Crippen LogP contribution is 2.22. The summed E-state index contributed by atoms with van der Waals surface area (Å²) in [4.78, 5) is 13.7. The van der Waals surface area contributed by atoms with E-state index in [1.807, 2.05) is 64.1 Å². The van der Waals surface area contributed by atoms with Gasteiger partial charge in [0.2, 0.25) is 11.7 Å². The molecule has 1 heterocycles. The predicted octanol–water partition coefficient (Wildman–Crippen LogP) is 3.21. The fourth-order valence-corrected chi connectivity index (χ4v) is 2.93. The van der Waals surface area contributed by atoms with Crippen LogP contribution in [0.3, 0.4) is 0 Å². The van der Waals surface area contributed by atoms with Gasteiger partial charge in [-0.05, 0) is 49.6 Å². The summed E-state index contributed by atoms with van der Waals surface area (Å²) in [5.41, 5.74) is 6.08. The summed E-state index contributed by atoms with van der Waals surface area (Å²) in [6, 6.07) is 11.9. The standard InChI is InChI=1S/C19H21N5O/c1-12-9-14(3)18(15(4)10-12)20-17(25)11-24-22-19(21-23-24)16-8-6-5-7-13(16)2/h5-10H,11H2,1-4H3,(H,20,25). The first-order valence-electron chi connectivity index (χ1n) is 8.15. The molecule has 1 aromatic heterocycles. The molecule has 0 aliphatic carbocycles. The van der Waals surface area contributed by atoms with Gasteiger partial charge in [-0.3, -0.25) is 4.79 Å². The molecule has 6 heteroatoms. The average molecular weight is 335 g/mol. The van der Waals surface area contributed by atoms with Crippen molar-refractivity contribution in [1.82, 2.24) is 20.2 Å². The molecule has 0 aliphatic heterocycles.